The van der Waals surface area contributed by atoms with Crippen molar-refractivity contribution in [2.45, 2.75) is 32.0 Å². The van der Waals surface area contributed by atoms with Crippen LogP contribution in [-0.4, -0.2) is 34.9 Å². The van der Waals surface area contributed by atoms with E-state index in [-0.39, 0.29) is 12.0 Å². The average molecular weight is 409 g/mol. The molecule has 0 aliphatic carbocycles. The zero-order chi connectivity index (χ0) is 19.9. The second-order valence-corrected chi connectivity index (χ2v) is 7.75. The third-order valence-electron chi connectivity index (χ3n) is 4.70. The number of aryl methyl sites for hydroxylation is 1. The van der Waals surface area contributed by atoms with Crippen molar-refractivity contribution >= 4 is 27.5 Å². The van der Waals surface area contributed by atoms with Gasteiger partial charge in [-0.1, -0.05) is 6.07 Å². The van der Waals surface area contributed by atoms with Crippen LogP contribution in [0.1, 0.15) is 33.8 Å². The number of hydrogen-bond acceptors (Lipinski definition) is 4. The van der Waals surface area contributed by atoms with E-state index < -0.39 is 11.7 Å². The number of nitrogens with one attached hydrogen (secondary N) is 1. The summed E-state index contributed by atoms with van der Waals surface area (Å²) in [4.78, 5) is 13.6. The predicted octanol–water partition coefficient (Wildman–Crippen LogP) is 4.32. The first kappa shape index (κ1) is 18.9. The molecule has 4 rings (SSSR count). The van der Waals surface area contributed by atoms with Gasteiger partial charge >= 0.3 is 6.18 Å². The molecule has 0 spiro atoms. The summed E-state index contributed by atoms with van der Waals surface area (Å²) in [7, 11) is 0. The maximum absolute atomic E-state index is 13.0. The molecular formula is C19H18F3N3O2S. The molecule has 0 saturated carbocycles. The Balaban J connectivity index is 1.63. The van der Waals surface area contributed by atoms with Crippen LogP contribution < -0.4 is 5.32 Å². The normalized spacial score (nSPS) is 17.4. The number of benzene rings is 1. The lowest BCUT2D eigenvalue weighted by Crippen LogP contribution is -2.31. The van der Waals surface area contributed by atoms with Crippen LogP contribution in [0.4, 0.5) is 13.2 Å². The molecule has 5 nitrogen and oxygen atoms in total. The molecule has 0 unspecified atom stereocenters. The Morgan fingerprint density at radius 1 is 1.39 bits per heavy atom. The van der Waals surface area contributed by atoms with Crippen LogP contribution in [0.3, 0.4) is 0 Å². The highest BCUT2D eigenvalue weighted by Gasteiger charge is 2.31. The van der Waals surface area contributed by atoms with Gasteiger partial charge in [0, 0.05) is 18.5 Å². The van der Waals surface area contributed by atoms with E-state index in [1.807, 2.05) is 0 Å². The van der Waals surface area contributed by atoms with Crippen LogP contribution in [0.2, 0.25) is 0 Å². The second-order valence-electron chi connectivity index (χ2n) is 6.72. The van der Waals surface area contributed by atoms with Gasteiger partial charge in [-0.2, -0.15) is 18.3 Å². The molecule has 0 bridgehead atoms. The van der Waals surface area contributed by atoms with Crippen molar-refractivity contribution in [2.24, 2.45) is 0 Å². The fraction of sp³-hybridized carbons (Fsp3) is 0.368. The molecular weight excluding hydrogens is 391 g/mol. The van der Waals surface area contributed by atoms with Crippen molar-refractivity contribution < 1.29 is 22.7 Å². The molecule has 1 fully saturated rings. The number of nitrogens with zero attached hydrogens (tertiary/aromatic N) is 2. The summed E-state index contributed by atoms with van der Waals surface area (Å²) in [6.07, 6.45) is -2.47. The van der Waals surface area contributed by atoms with Crippen molar-refractivity contribution in [3.63, 3.8) is 0 Å². The topological polar surface area (TPSA) is 56.2 Å². The summed E-state index contributed by atoms with van der Waals surface area (Å²) in [5, 5.41) is 7.98. The highest BCUT2D eigenvalue weighted by Crippen LogP contribution is 2.33. The van der Waals surface area contributed by atoms with Crippen LogP contribution in [0, 0.1) is 6.92 Å². The highest BCUT2D eigenvalue weighted by atomic mass is 32.1. The number of carbonyl (C=O) groups is 1. The third kappa shape index (κ3) is 3.64. The summed E-state index contributed by atoms with van der Waals surface area (Å²) in [6.45, 7) is 2.94. The first-order valence-corrected chi connectivity index (χ1v) is 9.71. The van der Waals surface area contributed by atoms with Crippen molar-refractivity contribution in [1.82, 2.24) is 15.1 Å². The smallest absolute Gasteiger partial charge is 0.376 e. The van der Waals surface area contributed by atoms with Crippen LogP contribution in [0.15, 0.2) is 30.3 Å². The number of carbonyl (C=O) groups excluding carboxylic acids is 1. The van der Waals surface area contributed by atoms with Crippen molar-refractivity contribution in [3.05, 3.63) is 46.5 Å². The quantitative estimate of drug-likeness (QED) is 0.698. The molecule has 2 aromatic heterocycles. The number of rotatable bonds is 4. The van der Waals surface area contributed by atoms with Crippen LogP contribution in [-0.2, 0) is 10.9 Å². The van der Waals surface area contributed by atoms with Gasteiger partial charge in [-0.05, 0) is 44.0 Å². The summed E-state index contributed by atoms with van der Waals surface area (Å²) in [5.74, 6) is -0.216. The second kappa shape index (κ2) is 7.21. The number of ether oxygens (including phenoxy) is 1. The minimum atomic E-state index is -4.43. The van der Waals surface area contributed by atoms with Gasteiger partial charge in [0.25, 0.3) is 5.91 Å². The van der Waals surface area contributed by atoms with Gasteiger partial charge in [0.1, 0.15) is 4.83 Å². The monoisotopic (exact) mass is 409 g/mol. The Hall–Kier alpha value is -2.39. The first-order valence-electron chi connectivity index (χ1n) is 8.89. The fourth-order valence-corrected chi connectivity index (χ4v) is 4.35. The van der Waals surface area contributed by atoms with Crippen molar-refractivity contribution in [1.29, 1.82) is 0 Å². The minimum Gasteiger partial charge on any atom is -0.376 e. The summed E-state index contributed by atoms with van der Waals surface area (Å²) >= 11 is 1.21. The van der Waals surface area contributed by atoms with E-state index in [9.17, 15) is 18.0 Å². The molecule has 148 valence electrons. The Labute approximate surface area is 163 Å². The number of alkyl halides is 3. The number of hydrogen-bond donors (Lipinski definition) is 1. The first-order chi connectivity index (χ1) is 13.3. The zero-order valence-electron chi connectivity index (χ0n) is 15.0. The molecule has 9 heteroatoms. The SMILES string of the molecule is Cc1nn(-c2cccc(C(F)(F)F)c2)c2sc(C(=O)NC[C@@H]3CCCO3)cc12. The van der Waals surface area contributed by atoms with Gasteiger partial charge in [-0.15, -0.1) is 11.3 Å². The molecule has 28 heavy (non-hydrogen) atoms. The Morgan fingerprint density at radius 2 is 2.21 bits per heavy atom. The van der Waals surface area contributed by atoms with Gasteiger partial charge < -0.3 is 10.1 Å². The van der Waals surface area contributed by atoms with E-state index in [0.29, 0.717) is 27.6 Å². The molecule has 1 aromatic carbocycles. The highest BCUT2D eigenvalue weighted by molar-refractivity contribution is 7.20. The van der Waals surface area contributed by atoms with E-state index in [1.54, 1.807) is 19.1 Å². The van der Waals surface area contributed by atoms with E-state index in [1.165, 1.54) is 22.1 Å². The van der Waals surface area contributed by atoms with Gasteiger partial charge in [0.05, 0.1) is 27.9 Å². The molecule has 3 aromatic rings. The standard InChI is InChI=1S/C19H18F3N3O2S/c1-11-15-9-16(17(26)23-10-14-6-3-7-27-14)28-18(15)25(24-11)13-5-2-4-12(8-13)19(20,21)22/h2,4-5,8-9,14H,3,6-7,10H2,1H3,(H,23,26)/t14-/m0/s1. The molecule has 1 aliphatic heterocycles. The van der Waals surface area contributed by atoms with Gasteiger partial charge in [0.2, 0.25) is 0 Å². The number of fused-ring (bicyclic) bond motifs is 1. The average Bonchev–Trinajstić information content (AvgIpc) is 3.37. The molecule has 0 radical (unpaired) electrons. The predicted molar refractivity (Wildman–Crippen MR) is 100.0 cm³/mol. The minimum absolute atomic E-state index is 0.0423. The molecule has 3 heterocycles. The van der Waals surface area contributed by atoms with Crippen LogP contribution in [0.5, 0.6) is 0 Å². The lowest BCUT2D eigenvalue weighted by Gasteiger charge is -2.10. The fourth-order valence-electron chi connectivity index (χ4n) is 3.25. The Kier molecular flexibility index (Phi) is 4.88. The number of aromatic nitrogens is 2. The summed E-state index contributed by atoms with van der Waals surface area (Å²) in [5.41, 5.74) is 0.223. The molecule has 1 N–H and O–H groups in total. The van der Waals surface area contributed by atoms with Gasteiger partial charge in [-0.25, -0.2) is 4.68 Å². The molecule has 1 saturated heterocycles. The Morgan fingerprint density at radius 3 is 2.93 bits per heavy atom. The molecule has 1 aliphatic rings. The number of halogens is 3. The largest absolute Gasteiger partial charge is 0.416 e. The maximum atomic E-state index is 13.0. The number of amides is 1. The Bertz CT molecular complexity index is 1020. The van der Waals surface area contributed by atoms with Crippen LogP contribution >= 0.6 is 11.3 Å². The van der Waals surface area contributed by atoms with E-state index in [4.69, 9.17) is 4.74 Å². The molecule has 1 atom stereocenters. The van der Waals surface area contributed by atoms with E-state index in [2.05, 4.69) is 10.4 Å². The lowest BCUT2D eigenvalue weighted by molar-refractivity contribution is -0.137. The van der Waals surface area contributed by atoms with Crippen molar-refractivity contribution in [3.8, 4) is 5.69 Å². The summed E-state index contributed by atoms with van der Waals surface area (Å²) in [6, 6.07) is 6.73. The van der Waals surface area contributed by atoms with E-state index >= 15 is 0 Å². The van der Waals surface area contributed by atoms with Gasteiger partial charge in [-0.3, -0.25) is 4.79 Å². The zero-order valence-corrected chi connectivity index (χ0v) is 15.9. The molecule has 1 amide bonds. The van der Waals surface area contributed by atoms with Crippen LogP contribution in [0.25, 0.3) is 15.9 Å². The maximum Gasteiger partial charge on any atom is 0.416 e. The number of thiophene rings is 1. The summed E-state index contributed by atoms with van der Waals surface area (Å²) < 4.78 is 46.1. The lowest BCUT2D eigenvalue weighted by atomic mass is 10.2. The van der Waals surface area contributed by atoms with Crippen molar-refractivity contribution in [2.75, 3.05) is 13.2 Å². The van der Waals surface area contributed by atoms with Gasteiger partial charge in [0.15, 0.2) is 0 Å². The third-order valence-corrected chi connectivity index (χ3v) is 5.81. The van der Waals surface area contributed by atoms with E-state index in [0.717, 1.165) is 37.0 Å².